The van der Waals surface area contributed by atoms with E-state index >= 15 is 0 Å². The molecule has 4 aromatic carbocycles. The van der Waals surface area contributed by atoms with Crippen molar-refractivity contribution in [3.8, 4) is 28.3 Å². The monoisotopic (exact) mass is 809 g/mol. The van der Waals surface area contributed by atoms with Crippen molar-refractivity contribution in [3.63, 3.8) is 0 Å². The normalized spacial score (nSPS) is 12.4. The Morgan fingerprint density at radius 1 is 0.750 bits per heavy atom. The fourth-order valence-electron chi connectivity index (χ4n) is 5.97. The van der Waals surface area contributed by atoms with Gasteiger partial charge in [0.1, 0.15) is 5.58 Å². The van der Waals surface area contributed by atoms with E-state index in [2.05, 4.69) is 89.9 Å². The van der Waals surface area contributed by atoms with Crippen LogP contribution in [0, 0.1) is 19.0 Å². The molecule has 0 bridgehead atoms. The van der Waals surface area contributed by atoms with Gasteiger partial charge in [0.25, 0.3) is 0 Å². The molecule has 0 fully saturated rings. The third-order valence-electron chi connectivity index (χ3n) is 8.24. The molecule has 0 atom stereocenters. The second-order valence-corrected chi connectivity index (χ2v) is 12.0. The van der Waals surface area contributed by atoms with Crippen molar-refractivity contribution in [2.24, 2.45) is 0 Å². The van der Waals surface area contributed by atoms with Crippen LogP contribution >= 0.6 is 0 Å². The molecule has 0 N–H and O–H groups in total. The molecule has 0 saturated carbocycles. The molecule has 4 heterocycles. The summed E-state index contributed by atoms with van der Waals surface area (Å²) in [4.78, 5) is 9.17. The first-order chi connectivity index (χ1) is 24.1. The van der Waals surface area contributed by atoms with Crippen molar-refractivity contribution in [2.45, 2.75) is 46.4 Å². The van der Waals surface area contributed by atoms with Gasteiger partial charge in [0.05, 0.1) is 34.8 Å². The third-order valence-corrected chi connectivity index (χ3v) is 8.24. The smallest absolute Gasteiger partial charge is 0.120 e. The zero-order chi connectivity index (χ0) is 35.0. The maximum absolute atomic E-state index is 7.23. The number of hydrogen-bond acceptors (Lipinski definition) is 5. The molecule has 0 aliphatic carbocycles. The summed E-state index contributed by atoms with van der Waals surface area (Å²) in [6.07, 6.45) is 4.91. The average molecular weight is 809 g/mol. The van der Waals surface area contributed by atoms with Crippen molar-refractivity contribution in [1.82, 2.24) is 24.7 Å². The van der Waals surface area contributed by atoms with E-state index < -0.39 is 6.85 Å². The summed E-state index contributed by atoms with van der Waals surface area (Å²) in [6, 6.07) is 35.9. The Hall–Kier alpha value is -4.97. The molecule has 8 aromatic rings. The maximum atomic E-state index is 7.23. The molecule has 0 saturated heterocycles. The van der Waals surface area contributed by atoms with Gasteiger partial charge >= 0.3 is 0 Å². The van der Waals surface area contributed by atoms with Gasteiger partial charge in [-0.1, -0.05) is 87.2 Å². The Labute approximate surface area is 298 Å². The minimum absolute atomic E-state index is 0. The summed E-state index contributed by atoms with van der Waals surface area (Å²) in [5.74, 6) is 1.45. The Balaban J connectivity index is 0.000000222. The minimum atomic E-state index is -2.09. The van der Waals surface area contributed by atoms with Crippen molar-refractivity contribution in [3.05, 3.63) is 138 Å². The first kappa shape index (κ1) is 29.2. The fraction of sp³-hybridized carbons (Fsp3) is 0.171. The molecule has 0 aliphatic rings. The Kier molecular flexibility index (Phi) is 8.53. The van der Waals surface area contributed by atoms with Crippen molar-refractivity contribution in [2.75, 3.05) is 0 Å². The summed E-state index contributed by atoms with van der Waals surface area (Å²) in [6.45, 7) is 6.83. The summed E-state index contributed by atoms with van der Waals surface area (Å²) in [5.41, 5.74) is 9.71. The molecule has 0 unspecified atom stereocenters. The van der Waals surface area contributed by atoms with Gasteiger partial charge in [0.15, 0.2) is 0 Å². The van der Waals surface area contributed by atoms with Crippen LogP contribution in [-0.4, -0.2) is 24.7 Å². The van der Waals surface area contributed by atoms with Crippen LogP contribution in [0.3, 0.4) is 0 Å². The standard InChI is InChI=1S/C29H25N4O.C12H10N.Ir/c1-17(2)19-10-7-11-20(18(3)4)27(19)33-25-16-31-30-15-24(25)32-29(33)23-13-8-12-22-21-9-5-6-14-26(21)34-28(22)23;1-10-7-8-12(13-9-10)11-5-3-2-4-6-11;/h5-12,14-18H,1-4H3;2-5,7-9H,1H3;/q2*-1;/i;1D3;. The van der Waals surface area contributed by atoms with Crippen LogP contribution in [0.4, 0.5) is 0 Å². The van der Waals surface area contributed by atoms with Gasteiger partial charge in [0, 0.05) is 41.5 Å². The number of furan rings is 1. The second-order valence-electron chi connectivity index (χ2n) is 12.0. The van der Waals surface area contributed by atoms with E-state index in [4.69, 9.17) is 13.5 Å². The van der Waals surface area contributed by atoms with Crippen LogP contribution < -0.4 is 0 Å². The van der Waals surface area contributed by atoms with Gasteiger partial charge in [-0.25, -0.2) is 0 Å². The second kappa shape index (κ2) is 14.0. The zero-order valence-corrected chi connectivity index (χ0v) is 29.4. The van der Waals surface area contributed by atoms with E-state index in [-0.39, 0.29) is 25.7 Å². The first-order valence-electron chi connectivity index (χ1n) is 17.2. The topological polar surface area (TPSA) is 69.6 Å². The van der Waals surface area contributed by atoms with Crippen molar-refractivity contribution in [1.29, 1.82) is 0 Å². The summed E-state index contributed by atoms with van der Waals surface area (Å²) in [7, 11) is 0. The van der Waals surface area contributed by atoms with E-state index in [1.165, 1.54) is 17.3 Å². The van der Waals surface area contributed by atoms with Crippen LogP contribution in [0.1, 0.15) is 60.3 Å². The molecular weight excluding hydrogens is 771 g/mol. The minimum Gasteiger partial charge on any atom is -0.501 e. The Bertz CT molecular complexity index is 2410. The van der Waals surface area contributed by atoms with Gasteiger partial charge in [-0.3, -0.25) is 4.98 Å². The van der Waals surface area contributed by atoms with Gasteiger partial charge < -0.3 is 14.0 Å². The van der Waals surface area contributed by atoms with Gasteiger partial charge in [-0.05, 0) is 47.1 Å². The van der Waals surface area contributed by atoms with E-state index in [0.717, 1.165) is 61.3 Å². The average Bonchev–Trinajstić information content (AvgIpc) is 3.70. The number of hydrogen-bond donors (Lipinski definition) is 0. The summed E-state index contributed by atoms with van der Waals surface area (Å²) in [5, 5.41) is 10.5. The molecule has 7 heteroatoms. The van der Waals surface area contributed by atoms with Crippen LogP contribution in [0.2, 0.25) is 0 Å². The van der Waals surface area contributed by atoms with Gasteiger partial charge in [0.2, 0.25) is 0 Å². The van der Waals surface area contributed by atoms with Crippen LogP contribution in [0.15, 0.2) is 114 Å². The maximum Gasteiger partial charge on any atom is 0.120 e. The number of imidazole rings is 1. The number of aryl methyl sites for hydroxylation is 1. The molecule has 0 aliphatic heterocycles. The fourth-order valence-corrected chi connectivity index (χ4v) is 5.97. The Morgan fingerprint density at radius 2 is 1.52 bits per heavy atom. The number of pyridine rings is 1. The van der Waals surface area contributed by atoms with E-state index in [0.29, 0.717) is 11.8 Å². The SMILES string of the molecule is CC(C)c1cccc(C(C)C)c1-n1c(-c2[c-]ccc3c2oc2ccccc23)nc2cnncc21.[2H]C([2H])([2H])c1ccc(-c2[c-]cccc2)nc1.[Ir]. The van der Waals surface area contributed by atoms with E-state index in [1.54, 1.807) is 30.6 Å². The summed E-state index contributed by atoms with van der Waals surface area (Å²) < 4.78 is 30.3. The van der Waals surface area contributed by atoms with Crippen molar-refractivity contribution < 1.29 is 28.6 Å². The van der Waals surface area contributed by atoms with Crippen LogP contribution in [-0.2, 0) is 20.1 Å². The molecule has 4 aromatic heterocycles. The van der Waals surface area contributed by atoms with Crippen LogP contribution in [0.5, 0.6) is 0 Å². The summed E-state index contributed by atoms with van der Waals surface area (Å²) >= 11 is 0. The first-order valence-corrected chi connectivity index (χ1v) is 15.7. The third kappa shape index (κ3) is 6.19. The predicted molar refractivity (Wildman–Crippen MR) is 190 cm³/mol. The van der Waals surface area contributed by atoms with Gasteiger partial charge in [-0.15, -0.1) is 54.1 Å². The molecule has 241 valence electrons. The molecular formula is C41H35IrN5O-2. The molecule has 0 amide bonds. The molecule has 48 heavy (non-hydrogen) atoms. The number of rotatable bonds is 5. The van der Waals surface area contributed by atoms with Gasteiger partial charge in [-0.2, -0.15) is 10.2 Å². The Morgan fingerprint density at radius 3 is 2.23 bits per heavy atom. The van der Waals surface area contributed by atoms with E-state index in [9.17, 15) is 0 Å². The largest absolute Gasteiger partial charge is 0.501 e. The number of para-hydroxylation sites is 2. The quantitative estimate of drug-likeness (QED) is 0.162. The number of aromatic nitrogens is 5. The van der Waals surface area contributed by atoms with E-state index in [1.807, 2.05) is 42.5 Å². The molecule has 8 rings (SSSR count). The molecule has 6 nitrogen and oxygen atoms in total. The van der Waals surface area contributed by atoms with Crippen molar-refractivity contribution >= 4 is 33.0 Å². The zero-order valence-electron chi connectivity index (χ0n) is 30.0. The predicted octanol–water partition coefficient (Wildman–Crippen LogP) is 10.3. The number of fused-ring (bicyclic) bond motifs is 4. The molecule has 0 spiro atoms. The molecule has 1 radical (unpaired) electrons. The number of nitrogens with zero attached hydrogens (tertiary/aromatic N) is 5. The van der Waals surface area contributed by atoms with Crippen LogP contribution in [0.25, 0.3) is 61.3 Å². The number of benzene rings is 4.